The van der Waals surface area contributed by atoms with E-state index in [2.05, 4.69) is 11.7 Å². The van der Waals surface area contributed by atoms with E-state index in [1.54, 1.807) is 10.9 Å². The highest BCUT2D eigenvalue weighted by atomic mass is 16.2. The van der Waals surface area contributed by atoms with Crippen molar-refractivity contribution in [3.8, 4) is 0 Å². The summed E-state index contributed by atoms with van der Waals surface area (Å²) >= 11 is 0. The first-order valence-electron chi connectivity index (χ1n) is 5.81. The molecule has 2 amide bonds. The van der Waals surface area contributed by atoms with Gasteiger partial charge < -0.3 is 0 Å². The zero-order chi connectivity index (χ0) is 14.8. The van der Waals surface area contributed by atoms with E-state index in [-0.39, 0.29) is 5.78 Å². The van der Waals surface area contributed by atoms with Crippen LogP contribution in [0, 0.1) is 0 Å². The average Bonchev–Trinajstić information content (AvgIpc) is 2.55. The third-order valence-corrected chi connectivity index (χ3v) is 2.33. The highest BCUT2D eigenvalue weighted by Gasteiger charge is 2.06. The molecule has 2 aromatic rings. The number of carbonyl (C=O) groups is 2. The first kappa shape index (κ1) is 15.4. The number of amides is 2. The SMILES string of the molecule is NNC(=O)NN.O=C(c1ccccc1)c1ccccc1. The largest absolute Gasteiger partial charge is 0.343 e. The van der Waals surface area contributed by atoms with E-state index in [9.17, 15) is 9.59 Å². The van der Waals surface area contributed by atoms with Crippen molar-refractivity contribution < 1.29 is 9.59 Å². The van der Waals surface area contributed by atoms with Crippen LogP contribution in [0.15, 0.2) is 60.7 Å². The van der Waals surface area contributed by atoms with Gasteiger partial charge in [0.2, 0.25) is 0 Å². The molecule has 0 aromatic heterocycles. The quantitative estimate of drug-likeness (QED) is 0.282. The number of hydrogen-bond donors (Lipinski definition) is 4. The summed E-state index contributed by atoms with van der Waals surface area (Å²) < 4.78 is 0. The lowest BCUT2D eigenvalue weighted by Gasteiger charge is -1.99. The van der Waals surface area contributed by atoms with Crippen LogP contribution in [0.25, 0.3) is 0 Å². The Hall–Kier alpha value is -2.70. The lowest BCUT2D eigenvalue weighted by Crippen LogP contribution is -2.43. The molecule has 0 radical (unpaired) electrons. The summed E-state index contributed by atoms with van der Waals surface area (Å²) in [6, 6.07) is 18.0. The summed E-state index contributed by atoms with van der Waals surface area (Å²) in [5, 5.41) is 0. The fourth-order valence-electron chi connectivity index (χ4n) is 1.39. The first-order valence-corrected chi connectivity index (χ1v) is 5.81. The maximum absolute atomic E-state index is 11.8. The van der Waals surface area contributed by atoms with Crippen molar-refractivity contribution in [3.63, 3.8) is 0 Å². The van der Waals surface area contributed by atoms with E-state index >= 15 is 0 Å². The molecule has 0 atom stereocenters. The van der Waals surface area contributed by atoms with Gasteiger partial charge in [-0.15, -0.1) is 0 Å². The third-order valence-electron chi connectivity index (χ3n) is 2.33. The Bertz CT molecular complexity index is 496. The van der Waals surface area contributed by atoms with Crippen molar-refractivity contribution in [1.82, 2.24) is 10.9 Å². The van der Waals surface area contributed by atoms with Crippen LogP contribution >= 0.6 is 0 Å². The Kier molecular flexibility index (Phi) is 6.46. The molecule has 0 aliphatic rings. The van der Waals surface area contributed by atoms with Gasteiger partial charge in [-0.1, -0.05) is 60.7 Å². The predicted octanol–water partition coefficient (Wildman–Crippen LogP) is 0.951. The molecule has 2 aromatic carbocycles. The fraction of sp³-hybridized carbons (Fsp3) is 0. The second kappa shape index (κ2) is 8.41. The van der Waals surface area contributed by atoms with Crippen LogP contribution in [0.5, 0.6) is 0 Å². The van der Waals surface area contributed by atoms with Crippen molar-refractivity contribution in [1.29, 1.82) is 0 Å². The van der Waals surface area contributed by atoms with Crippen molar-refractivity contribution >= 4 is 11.8 Å². The van der Waals surface area contributed by atoms with Gasteiger partial charge in [0.05, 0.1) is 0 Å². The molecule has 0 saturated carbocycles. The molecule has 0 unspecified atom stereocenters. The number of rotatable bonds is 2. The maximum Gasteiger partial charge on any atom is 0.343 e. The molecule has 104 valence electrons. The molecule has 0 heterocycles. The summed E-state index contributed by atoms with van der Waals surface area (Å²) in [5.74, 6) is 9.16. The van der Waals surface area contributed by atoms with E-state index < -0.39 is 6.03 Å². The highest BCUT2D eigenvalue weighted by molar-refractivity contribution is 6.08. The molecule has 6 heteroatoms. The summed E-state index contributed by atoms with van der Waals surface area (Å²) in [6.07, 6.45) is 0. The lowest BCUT2D eigenvalue weighted by molar-refractivity contribution is 0.103. The van der Waals surface area contributed by atoms with E-state index in [0.29, 0.717) is 0 Å². The zero-order valence-corrected chi connectivity index (χ0v) is 10.7. The summed E-state index contributed by atoms with van der Waals surface area (Å²) in [7, 11) is 0. The molecule has 0 spiro atoms. The van der Waals surface area contributed by atoms with Crippen molar-refractivity contribution in [2.24, 2.45) is 11.7 Å². The minimum absolute atomic E-state index is 0.0752. The number of urea groups is 1. The Morgan fingerprint density at radius 3 is 1.30 bits per heavy atom. The minimum Gasteiger partial charge on any atom is -0.289 e. The Morgan fingerprint density at radius 2 is 1.05 bits per heavy atom. The van der Waals surface area contributed by atoms with Gasteiger partial charge in [-0.05, 0) is 0 Å². The van der Waals surface area contributed by atoms with E-state index in [1.807, 2.05) is 60.7 Å². The Balaban J connectivity index is 0.000000286. The zero-order valence-electron chi connectivity index (χ0n) is 10.7. The molecular weight excluding hydrogens is 256 g/mol. The number of benzene rings is 2. The standard InChI is InChI=1S/C13H10O.CH6N4O/c14-13(11-7-3-1-4-8-11)12-9-5-2-6-10-12;2-4-1(6)5-3/h1-10H;2-3H2,(H2,4,5,6). The molecule has 0 bridgehead atoms. The van der Waals surface area contributed by atoms with E-state index in [0.717, 1.165) is 11.1 Å². The van der Waals surface area contributed by atoms with Gasteiger partial charge >= 0.3 is 6.03 Å². The normalized spacial score (nSPS) is 8.90. The predicted molar refractivity (Wildman–Crippen MR) is 76.4 cm³/mol. The fourth-order valence-corrected chi connectivity index (χ4v) is 1.39. The number of hydrazine groups is 2. The smallest absolute Gasteiger partial charge is 0.289 e. The number of hydrogen-bond acceptors (Lipinski definition) is 4. The molecule has 0 aliphatic carbocycles. The minimum atomic E-state index is -0.602. The molecule has 2 rings (SSSR count). The van der Waals surface area contributed by atoms with Crippen LogP contribution in [-0.2, 0) is 0 Å². The van der Waals surface area contributed by atoms with Gasteiger partial charge in [-0.25, -0.2) is 16.5 Å². The van der Waals surface area contributed by atoms with Gasteiger partial charge in [0.15, 0.2) is 5.78 Å². The molecule has 0 fully saturated rings. The van der Waals surface area contributed by atoms with E-state index in [4.69, 9.17) is 0 Å². The number of nitrogens with one attached hydrogen (secondary N) is 2. The van der Waals surface area contributed by atoms with Crippen molar-refractivity contribution in [2.75, 3.05) is 0 Å². The molecule has 6 nitrogen and oxygen atoms in total. The summed E-state index contributed by atoms with van der Waals surface area (Å²) in [6.45, 7) is 0. The van der Waals surface area contributed by atoms with Crippen molar-refractivity contribution in [2.45, 2.75) is 0 Å². The highest BCUT2D eigenvalue weighted by Crippen LogP contribution is 2.08. The molecular formula is C14H16N4O2. The maximum atomic E-state index is 11.8. The Labute approximate surface area is 116 Å². The van der Waals surface area contributed by atoms with Crippen LogP contribution in [-0.4, -0.2) is 11.8 Å². The van der Waals surface area contributed by atoms with Gasteiger partial charge in [-0.3, -0.25) is 15.6 Å². The molecule has 0 aliphatic heterocycles. The molecule has 0 saturated heterocycles. The second-order valence-electron chi connectivity index (χ2n) is 3.68. The van der Waals surface area contributed by atoms with Crippen LogP contribution < -0.4 is 22.5 Å². The van der Waals surface area contributed by atoms with Gasteiger partial charge in [0.25, 0.3) is 0 Å². The third kappa shape index (κ3) is 4.89. The first-order chi connectivity index (χ1) is 9.69. The number of ketones is 1. The topological polar surface area (TPSA) is 110 Å². The van der Waals surface area contributed by atoms with Crippen LogP contribution in [0.1, 0.15) is 15.9 Å². The van der Waals surface area contributed by atoms with Crippen LogP contribution in [0.2, 0.25) is 0 Å². The van der Waals surface area contributed by atoms with Crippen molar-refractivity contribution in [3.05, 3.63) is 71.8 Å². The summed E-state index contributed by atoms with van der Waals surface area (Å²) in [4.78, 5) is 21.6. The Morgan fingerprint density at radius 1 is 0.700 bits per heavy atom. The van der Waals surface area contributed by atoms with Crippen LogP contribution in [0.3, 0.4) is 0 Å². The second-order valence-corrected chi connectivity index (χ2v) is 3.68. The average molecular weight is 272 g/mol. The molecule has 20 heavy (non-hydrogen) atoms. The molecule has 6 N–H and O–H groups in total. The lowest BCUT2D eigenvalue weighted by atomic mass is 10.0. The van der Waals surface area contributed by atoms with Gasteiger partial charge in [0.1, 0.15) is 0 Å². The van der Waals surface area contributed by atoms with E-state index in [1.165, 1.54) is 0 Å². The summed E-state index contributed by atoms with van der Waals surface area (Å²) in [5.41, 5.74) is 4.95. The number of carbonyl (C=O) groups excluding carboxylic acids is 2. The van der Waals surface area contributed by atoms with Gasteiger partial charge in [0, 0.05) is 11.1 Å². The van der Waals surface area contributed by atoms with Crippen LogP contribution in [0.4, 0.5) is 4.79 Å². The number of nitrogens with two attached hydrogens (primary N) is 2. The van der Waals surface area contributed by atoms with Gasteiger partial charge in [-0.2, -0.15) is 0 Å². The monoisotopic (exact) mass is 272 g/mol.